The lowest BCUT2D eigenvalue weighted by Crippen LogP contribution is -2.26. The van der Waals surface area contributed by atoms with Gasteiger partial charge in [-0.1, -0.05) is 36.9 Å². The quantitative estimate of drug-likeness (QED) is 0.616. The van der Waals surface area contributed by atoms with Gasteiger partial charge in [0.25, 0.3) is 5.56 Å². The van der Waals surface area contributed by atoms with Crippen LogP contribution < -0.4 is 10.9 Å². The van der Waals surface area contributed by atoms with Gasteiger partial charge in [0.15, 0.2) is 5.16 Å². The molecule has 0 saturated carbocycles. The highest BCUT2D eigenvalue weighted by Crippen LogP contribution is 2.29. The number of rotatable bonds is 5. The molecule has 1 aromatic heterocycles. The highest BCUT2D eigenvalue weighted by atomic mass is 32.2. The molecule has 7 heteroatoms. The summed E-state index contributed by atoms with van der Waals surface area (Å²) in [5.41, 5.74) is 4.47. The Morgan fingerprint density at radius 2 is 2.08 bits per heavy atom. The molecule has 5 nitrogen and oxygen atoms in total. The molecule has 0 fully saturated rings. The summed E-state index contributed by atoms with van der Waals surface area (Å²) in [6.45, 7) is 5.92. The highest BCUT2D eigenvalue weighted by Gasteiger charge is 2.23. The largest absolute Gasteiger partial charge is 0.325 e. The van der Waals surface area contributed by atoms with E-state index < -0.39 is 0 Å². The van der Waals surface area contributed by atoms with Gasteiger partial charge < -0.3 is 10.3 Å². The lowest BCUT2D eigenvalue weighted by Gasteiger charge is -2.17. The molecule has 1 unspecified atom stereocenters. The van der Waals surface area contributed by atoms with Crippen LogP contribution in [-0.4, -0.2) is 21.1 Å². The third-order valence-electron chi connectivity index (χ3n) is 4.21. The number of fused-ring (bicyclic) bond motifs is 1. The van der Waals surface area contributed by atoms with Crippen molar-refractivity contribution in [3.05, 3.63) is 50.9 Å². The third-order valence-corrected chi connectivity index (χ3v) is 6.43. The zero-order valence-electron chi connectivity index (χ0n) is 14.5. The van der Waals surface area contributed by atoms with E-state index in [1.807, 2.05) is 39.0 Å². The van der Waals surface area contributed by atoms with E-state index in [9.17, 15) is 9.59 Å². The van der Waals surface area contributed by atoms with Crippen LogP contribution in [0.5, 0.6) is 0 Å². The number of carbonyl (C=O) groups is 1. The van der Waals surface area contributed by atoms with Crippen molar-refractivity contribution < 1.29 is 4.79 Å². The number of hydrogen-bond donors (Lipinski definition) is 2. The lowest BCUT2D eigenvalue weighted by atomic mass is 10.1. The van der Waals surface area contributed by atoms with Gasteiger partial charge in [0.05, 0.1) is 10.9 Å². The van der Waals surface area contributed by atoms with E-state index in [1.54, 1.807) is 11.8 Å². The smallest absolute Gasteiger partial charge is 0.255 e. The number of carbonyl (C=O) groups excluding carboxylic acids is 1. The Balaban J connectivity index is 1.78. The molecule has 1 aliphatic heterocycles. The van der Waals surface area contributed by atoms with Crippen LogP contribution in [0.4, 0.5) is 5.69 Å². The van der Waals surface area contributed by atoms with Gasteiger partial charge in [-0.05, 0) is 31.4 Å². The number of aromatic amines is 1. The molecule has 0 saturated heterocycles. The number of nitrogens with one attached hydrogen (secondary N) is 2. The lowest BCUT2D eigenvalue weighted by molar-refractivity contribution is -0.115. The predicted molar refractivity (Wildman–Crippen MR) is 104 cm³/mol. The average Bonchev–Trinajstić information content (AvgIpc) is 3.05. The third kappa shape index (κ3) is 3.93. The van der Waals surface area contributed by atoms with Gasteiger partial charge in [0.1, 0.15) is 0 Å². The number of para-hydroxylation sites is 1. The minimum atomic E-state index is -0.311. The molecular formula is C18H21N3O2S2. The van der Waals surface area contributed by atoms with Crippen LogP contribution in [0.1, 0.15) is 35.7 Å². The second-order valence-electron chi connectivity index (χ2n) is 6.06. The maximum Gasteiger partial charge on any atom is 0.255 e. The second-order valence-corrected chi connectivity index (χ2v) is 8.24. The van der Waals surface area contributed by atoms with Gasteiger partial charge in [-0.15, -0.1) is 0 Å². The van der Waals surface area contributed by atoms with E-state index in [0.717, 1.165) is 33.8 Å². The van der Waals surface area contributed by atoms with Crippen molar-refractivity contribution in [2.75, 3.05) is 5.32 Å². The van der Waals surface area contributed by atoms with Crippen LogP contribution in [0.25, 0.3) is 0 Å². The summed E-state index contributed by atoms with van der Waals surface area (Å²) in [5.74, 6) is 1.41. The van der Waals surface area contributed by atoms with Gasteiger partial charge in [-0.25, -0.2) is 4.98 Å². The number of amides is 1. The zero-order valence-corrected chi connectivity index (χ0v) is 16.1. The molecule has 0 spiro atoms. The van der Waals surface area contributed by atoms with Crippen LogP contribution in [-0.2, 0) is 16.3 Å². The zero-order chi connectivity index (χ0) is 18.0. The monoisotopic (exact) mass is 375 g/mol. The molecule has 0 aliphatic carbocycles. The van der Waals surface area contributed by atoms with E-state index in [4.69, 9.17) is 0 Å². The Morgan fingerprint density at radius 3 is 2.76 bits per heavy atom. The predicted octanol–water partition coefficient (Wildman–Crippen LogP) is 3.64. The van der Waals surface area contributed by atoms with Crippen molar-refractivity contribution in [2.24, 2.45) is 0 Å². The first-order chi connectivity index (χ1) is 12.0. The number of hydrogen-bond acceptors (Lipinski definition) is 5. The first kappa shape index (κ1) is 18.1. The van der Waals surface area contributed by atoms with Crippen LogP contribution in [0.3, 0.4) is 0 Å². The van der Waals surface area contributed by atoms with Gasteiger partial charge in [0, 0.05) is 22.8 Å². The van der Waals surface area contributed by atoms with Crippen molar-refractivity contribution >= 4 is 35.1 Å². The summed E-state index contributed by atoms with van der Waals surface area (Å²) < 4.78 is 0. The topological polar surface area (TPSA) is 74.8 Å². The minimum Gasteiger partial charge on any atom is -0.325 e. The summed E-state index contributed by atoms with van der Waals surface area (Å²) >= 11 is 3.01. The normalized spacial score (nSPS) is 14.2. The molecule has 0 bridgehead atoms. The van der Waals surface area contributed by atoms with Crippen LogP contribution in [0, 0.1) is 13.8 Å². The van der Waals surface area contributed by atoms with Crippen molar-refractivity contribution in [3.63, 3.8) is 0 Å². The summed E-state index contributed by atoms with van der Waals surface area (Å²) in [5, 5.41) is 3.25. The summed E-state index contributed by atoms with van der Waals surface area (Å²) in [6, 6.07) is 5.94. The number of H-pyrrole nitrogens is 1. The fraction of sp³-hybridized carbons (Fsp3) is 0.389. The molecule has 3 rings (SSSR count). The number of aryl methyl sites for hydroxylation is 2. The van der Waals surface area contributed by atoms with Crippen LogP contribution in [0.15, 0.2) is 28.2 Å². The highest BCUT2D eigenvalue weighted by molar-refractivity contribution is 8.00. The first-order valence-corrected chi connectivity index (χ1v) is 10.3. The van der Waals surface area contributed by atoms with E-state index in [1.165, 1.54) is 11.8 Å². The minimum absolute atomic E-state index is 0.0672. The molecule has 0 radical (unpaired) electrons. The van der Waals surface area contributed by atoms with Crippen molar-refractivity contribution in [1.29, 1.82) is 0 Å². The van der Waals surface area contributed by atoms with Crippen LogP contribution in [0.2, 0.25) is 0 Å². The fourth-order valence-electron chi connectivity index (χ4n) is 2.77. The fourth-order valence-corrected chi connectivity index (χ4v) is 4.72. The Kier molecular flexibility index (Phi) is 5.54. The molecule has 2 aromatic rings. The number of benzene rings is 1. The molecule has 1 atom stereocenters. The molecule has 25 heavy (non-hydrogen) atoms. The molecule has 2 N–H and O–H groups in total. The Hall–Kier alpha value is -1.73. The number of nitrogens with zero attached hydrogens (tertiary/aromatic N) is 1. The second kappa shape index (κ2) is 7.66. The number of aromatic nitrogens is 2. The van der Waals surface area contributed by atoms with E-state index in [0.29, 0.717) is 17.3 Å². The molecule has 1 aromatic carbocycles. The van der Waals surface area contributed by atoms with Gasteiger partial charge in [0.2, 0.25) is 5.91 Å². The Bertz CT molecular complexity index is 844. The van der Waals surface area contributed by atoms with Gasteiger partial charge >= 0.3 is 0 Å². The number of thioether (sulfide) groups is 2. The molecule has 1 amide bonds. The van der Waals surface area contributed by atoms with Gasteiger partial charge in [-0.3, -0.25) is 9.59 Å². The summed E-state index contributed by atoms with van der Waals surface area (Å²) in [6.07, 6.45) is 0.650. The van der Waals surface area contributed by atoms with E-state index >= 15 is 0 Å². The standard InChI is InChI=1S/C18H21N3O2S2/c1-4-14(17(23)20-15-10(2)6-5-7-11(15)3)25-18-19-13-9-24-8-12(13)16(22)21-18/h5-7,14H,4,8-9H2,1-3H3,(H,20,23)(H,19,21,22). The SMILES string of the molecule is CCC(Sc1nc2c(c(=O)[nH]1)CSC2)C(=O)Nc1c(C)cccc1C. The van der Waals surface area contributed by atoms with Crippen molar-refractivity contribution in [2.45, 2.75) is 49.1 Å². The number of anilines is 1. The maximum absolute atomic E-state index is 12.7. The summed E-state index contributed by atoms with van der Waals surface area (Å²) in [4.78, 5) is 32.2. The Morgan fingerprint density at radius 1 is 1.36 bits per heavy atom. The average molecular weight is 376 g/mol. The Labute approximate surface area is 155 Å². The molecule has 132 valence electrons. The van der Waals surface area contributed by atoms with E-state index in [2.05, 4.69) is 15.3 Å². The van der Waals surface area contributed by atoms with E-state index in [-0.39, 0.29) is 16.7 Å². The molecular weight excluding hydrogens is 354 g/mol. The molecule has 1 aliphatic rings. The van der Waals surface area contributed by atoms with Crippen molar-refractivity contribution in [1.82, 2.24) is 9.97 Å². The van der Waals surface area contributed by atoms with Crippen molar-refractivity contribution in [3.8, 4) is 0 Å². The maximum atomic E-state index is 12.7. The first-order valence-electron chi connectivity index (χ1n) is 8.23. The molecule has 2 heterocycles. The summed E-state index contributed by atoms with van der Waals surface area (Å²) in [7, 11) is 0. The van der Waals surface area contributed by atoms with Gasteiger partial charge in [-0.2, -0.15) is 11.8 Å². The van der Waals surface area contributed by atoms with Crippen LogP contribution >= 0.6 is 23.5 Å².